The van der Waals surface area contributed by atoms with E-state index in [0.717, 1.165) is 16.9 Å². The molecule has 0 atom stereocenters. The SMILES string of the molecule is CCOC(=O)c1nn(-c2ccc(C(F)(F)F)cc2)nc1C. The number of nitrogens with zero attached hydrogens (tertiary/aromatic N) is 3. The maximum Gasteiger partial charge on any atom is 0.416 e. The zero-order valence-electron chi connectivity index (χ0n) is 11.3. The van der Waals surface area contributed by atoms with Crippen molar-refractivity contribution in [1.29, 1.82) is 0 Å². The predicted octanol–water partition coefficient (Wildman–Crippen LogP) is 2.77. The number of ether oxygens (including phenoxy) is 1. The van der Waals surface area contributed by atoms with E-state index in [4.69, 9.17) is 4.74 Å². The number of rotatable bonds is 3. The summed E-state index contributed by atoms with van der Waals surface area (Å²) in [5.41, 5.74) is -0.0625. The molecule has 1 heterocycles. The number of aromatic nitrogens is 3. The summed E-state index contributed by atoms with van der Waals surface area (Å²) in [6.45, 7) is 3.43. The third-order valence-electron chi connectivity index (χ3n) is 2.68. The first-order chi connectivity index (χ1) is 9.82. The number of halogens is 3. The summed E-state index contributed by atoms with van der Waals surface area (Å²) >= 11 is 0. The molecule has 1 aromatic carbocycles. The average molecular weight is 299 g/mol. The second-order valence-electron chi connectivity index (χ2n) is 4.19. The van der Waals surface area contributed by atoms with Crippen molar-refractivity contribution in [1.82, 2.24) is 15.0 Å². The molecule has 0 unspecified atom stereocenters. The van der Waals surface area contributed by atoms with E-state index in [9.17, 15) is 18.0 Å². The topological polar surface area (TPSA) is 57.0 Å². The normalized spacial score (nSPS) is 11.5. The van der Waals surface area contributed by atoms with Crippen molar-refractivity contribution in [3.05, 3.63) is 41.2 Å². The molecule has 0 aliphatic carbocycles. The van der Waals surface area contributed by atoms with Crippen LogP contribution in [0, 0.1) is 6.92 Å². The van der Waals surface area contributed by atoms with Crippen LogP contribution in [0.5, 0.6) is 0 Å². The van der Waals surface area contributed by atoms with E-state index in [-0.39, 0.29) is 12.3 Å². The summed E-state index contributed by atoms with van der Waals surface area (Å²) in [5.74, 6) is -0.617. The molecule has 21 heavy (non-hydrogen) atoms. The summed E-state index contributed by atoms with van der Waals surface area (Å²) in [7, 11) is 0. The molecule has 112 valence electrons. The van der Waals surface area contributed by atoms with Gasteiger partial charge in [0.1, 0.15) is 0 Å². The van der Waals surface area contributed by atoms with Gasteiger partial charge in [0, 0.05) is 0 Å². The maximum absolute atomic E-state index is 12.5. The molecular formula is C13H12F3N3O2. The minimum absolute atomic E-state index is 0.0387. The Balaban J connectivity index is 2.31. The van der Waals surface area contributed by atoms with E-state index in [0.29, 0.717) is 11.4 Å². The first-order valence-corrected chi connectivity index (χ1v) is 6.11. The predicted molar refractivity (Wildman–Crippen MR) is 67.1 cm³/mol. The lowest BCUT2D eigenvalue weighted by atomic mass is 10.2. The van der Waals surface area contributed by atoms with Gasteiger partial charge in [-0.25, -0.2) is 4.79 Å². The van der Waals surface area contributed by atoms with E-state index in [1.165, 1.54) is 12.1 Å². The highest BCUT2D eigenvalue weighted by atomic mass is 19.4. The van der Waals surface area contributed by atoms with E-state index in [1.54, 1.807) is 13.8 Å². The lowest BCUT2D eigenvalue weighted by Gasteiger charge is -2.06. The van der Waals surface area contributed by atoms with Gasteiger partial charge in [-0.1, -0.05) is 0 Å². The highest BCUT2D eigenvalue weighted by Gasteiger charge is 2.30. The Morgan fingerprint density at radius 2 is 1.86 bits per heavy atom. The number of hydrogen-bond donors (Lipinski definition) is 0. The van der Waals surface area contributed by atoms with Gasteiger partial charge in [-0.2, -0.15) is 23.1 Å². The Kier molecular flexibility index (Phi) is 3.97. The third-order valence-corrected chi connectivity index (χ3v) is 2.68. The van der Waals surface area contributed by atoms with Crippen molar-refractivity contribution >= 4 is 5.97 Å². The highest BCUT2D eigenvalue weighted by Crippen LogP contribution is 2.29. The number of esters is 1. The molecule has 0 saturated heterocycles. The number of aryl methyl sites for hydroxylation is 1. The van der Waals surface area contributed by atoms with Gasteiger partial charge in [-0.05, 0) is 38.1 Å². The molecule has 0 radical (unpaired) electrons. The fourth-order valence-corrected chi connectivity index (χ4v) is 1.67. The molecule has 0 amide bonds. The van der Waals surface area contributed by atoms with Gasteiger partial charge in [0.25, 0.3) is 0 Å². The molecule has 0 bridgehead atoms. The largest absolute Gasteiger partial charge is 0.461 e. The van der Waals surface area contributed by atoms with E-state index >= 15 is 0 Å². The molecule has 2 aromatic rings. The summed E-state index contributed by atoms with van der Waals surface area (Å²) < 4.78 is 42.3. The van der Waals surface area contributed by atoms with Crippen molar-refractivity contribution < 1.29 is 22.7 Å². The van der Waals surface area contributed by atoms with Crippen LogP contribution in [0.1, 0.15) is 28.7 Å². The van der Waals surface area contributed by atoms with Crippen molar-refractivity contribution in [3.8, 4) is 5.69 Å². The molecule has 0 spiro atoms. The second-order valence-corrected chi connectivity index (χ2v) is 4.19. The van der Waals surface area contributed by atoms with Crippen LogP contribution < -0.4 is 0 Å². The molecule has 0 fully saturated rings. The van der Waals surface area contributed by atoms with Gasteiger partial charge < -0.3 is 4.74 Å². The van der Waals surface area contributed by atoms with E-state index in [1.807, 2.05) is 0 Å². The van der Waals surface area contributed by atoms with Crippen molar-refractivity contribution in [2.75, 3.05) is 6.61 Å². The van der Waals surface area contributed by atoms with Crippen LogP contribution in [-0.2, 0) is 10.9 Å². The number of hydrogen-bond acceptors (Lipinski definition) is 4. The molecule has 8 heteroatoms. The third kappa shape index (κ3) is 3.21. The fourth-order valence-electron chi connectivity index (χ4n) is 1.67. The van der Waals surface area contributed by atoms with E-state index < -0.39 is 17.7 Å². The minimum Gasteiger partial charge on any atom is -0.461 e. The smallest absolute Gasteiger partial charge is 0.416 e. The molecule has 1 aromatic heterocycles. The van der Waals surface area contributed by atoms with Crippen molar-refractivity contribution in [3.63, 3.8) is 0 Å². The Morgan fingerprint density at radius 3 is 2.38 bits per heavy atom. The van der Waals surface area contributed by atoms with Crippen LogP contribution in [0.4, 0.5) is 13.2 Å². The van der Waals surface area contributed by atoms with Crippen LogP contribution in [-0.4, -0.2) is 27.6 Å². The molecule has 0 aliphatic heterocycles. The maximum atomic E-state index is 12.5. The summed E-state index contributed by atoms with van der Waals surface area (Å²) in [4.78, 5) is 12.7. The zero-order valence-corrected chi connectivity index (χ0v) is 11.3. The first-order valence-electron chi connectivity index (χ1n) is 6.11. The van der Waals surface area contributed by atoms with Gasteiger partial charge in [-0.15, -0.1) is 5.10 Å². The molecule has 0 N–H and O–H groups in total. The highest BCUT2D eigenvalue weighted by molar-refractivity contribution is 5.88. The van der Waals surface area contributed by atoms with Crippen LogP contribution in [0.15, 0.2) is 24.3 Å². The Hall–Kier alpha value is -2.38. The number of carbonyl (C=O) groups excluding carboxylic acids is 1. The number of benzene rings is 1. The Bertz CT molecular complexity index is 648. The average Bonchev–Trinajstić information content (AvgIpc) is 2.80. The number of carbonyl (C=O) groups is 1. The fraction of sp³-hybridized carbons (Fsp3) is 0.308. The molecule has 5 nitrogen and oxygen atoms in total. The lowest BCUT2D eigenvalue weighted by molar-refractivity contribution is -0.137. The Labute approximate surface area is 118 Å². The van der Waals surface area contributed by atoms with Crippen LogP contribution in [0.2, 0.25) is 0 Å². The molecule has 0 aliphatic rings. The van der Waals surface area contributed by atoms with Crippen LogP contribution >= 0.6 is 0 Å². The van der Waals surface area contributed by atoms with Crippen molar-refractivity contribution in [2.24, 2.45) is 0 Å². The van der Waals surface area contributed by atoms with Gasteiger partial charge in [0.05, 0.1) is 23.6 Å². The van der Waals surface area contributed by atoms with Crippen molar-refractivity contribution in [2.45, 2.75) is 20.0 Å². The Morgan fingerprint density at radius 1 is 1.24 bits per heavy atom. The zero-order chi connectivity index (χ0) is 15.6. The lowest BCUT2D eigenvalue weighted by Crippen LogP contribution is -2.08. The minimum atomic E-state index is -4.40. The summed E-state index contributed by atoms with van der Waals surface area (Å²) in [5, 5.41) is 7.94. The van der Waals surface area contributed by atoms with Gasteiger partial charge in [0.15, 0.2) is 5.69 Å². The summed E-state index contributed by atoms with van der Waals surface area (Å²) in [6.07, 6.45) is -4.40. The van der Waals surface area contributed by atoms with Gasteiger partial charge in [0.2, 0.25) is 0 Å². The molecule has 2 rings (SSSR count). The van der Waals surface area contributed by atoms with Crippen LogP contribution in [0.25, 0.3) is 5.69 Å². The first kappa shape index (κ1) is 15.0. The molecule has 0 saturated carbocycles. The summed E-state index contributed by atoms with van der Waals surface area (Å²) in [6, 6.07) is 4.32. The molecular weight excluding hydrogens is 287 g/mol. The van der Waals surface area contributed by atoms with Gasteiger partial charge >= 0.3 is 12.1 Å². The monoisotopic (exact) mass is 299 g/mol. The van der Waals surface area contributed by atoms with Crippen LogP contribution in [0.3, 0.4) is 0 Å². The second kappa shape index (κ2) is 5.55. The number of alkyl halides is 3. The van der Waals surface area contributed by atoms with Gasteiger partial charge in [-0.3, -0.25) is 0 Å². The standard InChI is InChI=1S/C13H12F3N3O2/c1-3-21-12(20)11-8(2)17-19(18-11)10-6-4-9(5-7-10)13(14,15)16/h4-7H,3H2,1-2H3. The van der Waals surface area contributed by atoms with E-state index in [2.05, 4.69) is 10.2 Å². The quantitative estimate of drug-likeness (QED) is 0.818.